The lowest BCUT2D eigenvalue weighted by Gasteiger charge is -2.09. The molecule has 1 heterocycles. The van der Waals surface area contributed by atoms with Crippen LogP contribution in [-0.2, 0) is 11.2 Å². The Kier molecular flexibility index (Phi) is 4.63. The van der Waals surface area contributed by atoms with Crippen molar-refractivity contribution in [2.75, 3.05) is 11.1 Å². The smallest absolute Gasteiger partial charge is 0.232 e. The minimum atomic E-state index is -0.0969. The molecule has 0 saturated carbocycles. The average molecular weight is 276 g/mol. The molecule has 0 unspecified atom stereocenters. The lowest BCUT2D eigenvalue weighted by molar-refractivity contribution is -0.115. The predicted octanol–water partition coefficient (Wildman–Crippen LogP) is 3.28. The number of amides is 1. The number of carbonyl (C=O) groups is 1. The minimum absolute atomic E-state index is 0.0969. The maximum absolute atomic E-state index is 11.9. The lowest BCUT2D eigenvalue weighted by atomic mass is 10.2. The number of nitrogens with zero attached hydrogens (tertiary/aromatic N) is 1. The summed E-state index contributed by atoms with van der Waals surface area (Å²) >= 11 is 1.70. The van der Waals surface area contributed by atoms with Gasteiger partial charge < -0.3 is 9.84 Å². The molecule has 0 atom stereocenters. The van der Waals surface area contributed by atoms with E-state index >= 15 is 0 Å². The molecule has 0 bridgehead atoms. The standard InChI is InChI=1S/C14H16N2O2S/c1-3-19-13-7-5-4-6-12(13)15-14(17)9-11-8-10(2)16-18-11/h4-8H,3,9H2,1-2H3,(H,15,17). The molecule has 0 aliphatic heterocycles. The second-order valence-electron chi connectivity index (χ2n) is 4.09. The zero-order valence-corrected chi connectivity index (χ0v) is 11.8. The van der Waals surface area contributed by atoms with E-state index in [0.717, 1.165) is 22.0 Å². The lowest BCUT2D eigenvalue weighted by Crippen LogP contribution is -2.14. The molecule has 0 spiro atoms. The molecule has 4 nitrogen and oxygen atoms in total. The van der Waals surface area contributed by atoms with Gasteiger partial charge in [-0.15, -0.1) is 11.8 Å². The van der Waals surface area contributed by atoms with Gasteiger partial charge in [-0.25, -0.2) is 0 Å². The Bertz CT molecular complexity index is 566. The highest BCUT2D eigenvalue weighted by Gasteiger charge is 2.10. The predicted molar refractivity (Wildman–Crippen MR) is 76.4 cm³/mol. The molecule has 1 N–H and O–H groups in total. The molecule has 1 amide bonds. The monoisotopic (exact) mass is 276 g/mol. The van der Waals surface area contributed by atoms with Gasteiger partial charge in [0.1, 0.15) is 5.76 Å². The number of para-hydroxylation sites is 1. The van der Waals surface area contributed by atoms with Crippen LogP contribution in [0.4, 0.5) is 5.69 Å². The van der Waals surface area contributed by atoms with Crippen LogP contribution in [0.3, 0.4) is 0 Å². The van der Waals surface area contributed by atoms with Gasteiger partial charge in [-0.1, -0.05) is 24.2 Å². The average Bonchev–Trinajstić information content (AvgIpc) is 2.77. The van der Waals surface area contributed by atoms with Gasteiger partial charge in [0.05, 0.1) is 17.8 Å². The van der Waals surface area contributed by atoms with Gasteiger partial charge in [0.15, 0.2) is 0 Å². The molecule has 1 aromatic heterocycles. The number of carbonyl (C=O) groups excluding carboxylic acids is 1. The van der Waals surface area contributed by atoms with E-state index < -0.39 is 0 Å². The molecule has 0 aliphatic rings. The Morgan fingerprint density at radius 2 is 2.21 bits per heavy atom. The van der Waals surface area contributed by atoms with Gasteiger partial charge >= 0.3 is 0 Å². The number of aryl methyl sites for hydroxylation is 1. The highest BCUT2D eigenvalue weighted by Crippen LogP contribution is 2.26. The fourth-order valence-corrected chi connectivity index (χ4v) is 2.46. The second kappa shape index (κ2) is 6.43. The van der Waals surface area contributed by atoms with Crippen LogP contribution in [0.25, 0.3) is 0 Å². The van der Waals surface area contributed by atoms with Crippen molar-refractivity contribution in [1.29, 1.82) is 0 Å². The first-order chi connectivity index (χ1) is 9.19. The van der Waals surface area contributed by atoms with Crippen molar-refractivity contribution in [3.8, 4) is 0 Å². The molecule has 0 radical (unpaired) electrons. The van der Waals surface area contributed by atoms with Crippen molar-refractivity contribution < 1.29 is 9.32 Å². The summed E-state index contributed by atoms with van der Waals surface area (Å²) in [6.07, 6.45) is 0.200. The summed E-state index contributed by atoms with van der Waals surface area (Å²) in [6, 6.07) is 9.55. The van der Waals surface area contributed by atoms with Crippen LogP contribution in [0, 0.1) is 6.92 Å². The maximum atomic E-state index is 11.9. The molecule has 2 rings (SSSR count). The second-order valence-corrected chi connectivity index (χ2v) is 5.39. The molecular weight excluding hydrogens is 260 g/mol. The van der Waals surface area contributed by atoms with E-state index in [4.69, 9.17) is 4.52 Å². The summed E-state index contributed by atoms with van der Waals surface area (Å²) in [5, 5.41) is 6.67. The van der Waals surface area contributed by atoms with Crippen molar-refractivity contribution in [3.05, 3.63) is 41.8 Å². The third-order valence-electron chi connectivity index (χ3n) is 2.47. The summed E-state index contributed by atoms with van der Waals surface area (Å²) in [4.78, 5) is 13.0. The topological polar surface area (TPSA) is 55.1 Å². The first kappa shape index (κ1) is 13.7. The highest BCUT2D eigenvalue weighted by molar-refractivity contribution is 7.99. The molecule has 19 heavy (non-hydrogen) atoms. The van der Waals surface area contributed by atoms with E-state index in [1.54, 1.807) is 17.8 Å². The molecule has 5 heteroatoms. The Balaban J connectivity index is 2.02. The van der Waals surface area contributed by atoms with Crippen LogP contribution in [0.15, 0.2) is 39.8 Å². The number of rotatable bonds is 5. The molecule has 1 aromatic carbocycles. The Morgan fingerprint density at radius 1 is 1.42 bits per heavy atom. The van der Waals surface area contributed by atoms with Gasteiger partial charge in [-0.3, -0.25) is 4.79 Å². The number of hydrogen-bond acceptors (Lipinski definition) is 4. The van der Waals surface area contributed by atoms with Crippen LogP contribution in [0.5, 0.6) is 0 Å². The summed E-state index contributed by atoms with van der Waals surface area (Å²) in [5.41, 5.74) is 1.63. The third kappa shape index (κ3) is 3.86. The molecule has 0 aliphatic carbocycles. The minimum Gasteiger partial charge on any atom is -0.361 e. The Morgan fingerprint density at radius 3 is 2.89 bits per heavy atom. The molecule has 0 saturated heterocycles. The molecular formula is C14H16N2O2S. The van der Waals surface area contributed by atoms with Crippen molar-refractivity contribution in [1.82, 2.24) is 5.16 Å². The third-order valence-corrected chi connectivity index (χ3v) is 3.43. The largest absolute Gasteiger partial charge is 0.361 e. The number of hydrogen-bond donors (Lipinski definition) is 1. The summed E-state index contributed by atoms with van der Waals surface area (Å²) in [7, 11) is 0. The number of thioether (sulfide) groups is 1. The van der Waals surface area contributed by atoms with Gasteiger partial charge in [0, 0.05) is 11.0 Å². The van der Waals surface area contributed by atoms with Crippen LogP contribution < -0.4 is 5.32 Å². The maximum Gasteiger partial charge on any atom is 0.232 e. The first-order valence-electron chi connectivity index (χ1n) is 6.13. The fourth-order valence-electron chi connectivity index (χ4n) is 1.70. The Labute approximate surface area is 116 Å². The van der Waals surface area contributed by atoms with E-state index in [1.807, 2.05) is 31.2 Å². The number of aromatic nitrogens is 1. The van der Waals surface area contributed by atoms with Crippen LogP contribution >= 0.6 is 11.8 Å². The first-order valence-corrected chi connectivity index (χ1v) is 7.11. The normalized spacial score (nSPS) is 10.4. The van der Waals surface area contributed by atoms with E-state index in [2.05, 4.69) is 17.4 Å². The van der Waals surface area contributed by atoms with Gasteiger partial charge in [0.2, 0.25) is 5.91 Å². The van der Waals surface area contributed by atoms with Gasteiger partial charge in [-0.2, -0.15) is 0 Å². The fraction of sp³-hybridized carbons (Fsp3) is 0.286. The molecule has 2 aromatic rings. The van der Waals surface area contributed by atoms with E-state index in [0.29, 0.717) is 5.76 Å². The van der Waals surface area contributed by atoms with Crippen molar-refractivity contribution in [2.24, 2.45) is 0 Å². The SMILES string of the molecule is CCSc1ccccc1NC(=O)Cc1cc(C)no1. The van der Waals surface area contributed by atoms with Crippen molar-refractivity contribution >= 4 is 23.4 Å². The highest BCUT2D eigenvalue weighted by atomic mass is 32.2. The van der Waals surface area contributed by atoms with Crippen molar-refractivity contribution in [3.63, 3.8) is 0 Å². The zero-order chi connectivity index (χ0) is 13.7. The molecule has 100 valence electrons. The van der Waals surface area contributed by atoms with Gasteiger partial charge in [0.25, 0.3) is 0 Å². The van der Waals surface area contributed by atoms with Crippen LogP contribution in [0.2, 0.25) is 0 Å². The summed E-state index contributed by atoms with van der Waals surface area (Å²) in [5.74, 6) is 1.45. The number of nitrogens with one attached hydrogen (secondary N) is 1. The quantitative estimate of drug-likeness (QED) is 0.851. The van der Waals surface area contributed by atoms with E-state index in [9.17, 15) is 4.79 Å². The van der Waals surface area contributed by atoms with E-state index in [1.165, 1.54) is 0 Å². The number of benzene rings is 1. The number of anilines is 1. The zero-order valence-electron chi connectivity index (χ0n) is 11.0. The Hall–Kier alpha value is -1.75. The van der Waals surface area contributed by atoms with Gasteiger partial charge in [-0.05, 0) is 24.8 Å². The van der Waals surface area contributed by atoms with Crippen LogP contribution in [-0.4, -0.2) is 16.8 Å². The van der Waals surface area contributed by atoms with E-state index in [-0.39, 0.29) is 12.3 Å². The summed E-state index contributed by atoms with van der Waals surface area (Å²) in [6.45, 7) is 3.92. The van der Waals surface area contributed by atoms with Crippen LogP contribution in [0.1, 0.15) is 18.4 Å². The van der Waals surface area contributed by atoms with Crippen molar-refractivity contribution in [2.45, 2.75) is 25.2 Å². The summed E-state index contributed by atoms with van der Waals surface area (Å²) < 4.78 is 5.03. The molecule has 0 fully saturated rings.